The molecule has 0 heterocycles. The third-order valence-corrected chi connectivity index (χ3v) is 5.79. The van der Waals surface area contributed by atoms with Gasteiger partial charge in [-0.25, -0.2) is 0 Å². The summed E-state index contributed by atoms with van der Waals surface area (Å²) in [7, 11) is 0. The summed E-state index contributed by atoms with van der Waals surface area (Å²) in [4.78, 5) is 22.6. The van der Waals surface area contributed by atoms with Gasteiger partial charge in [0.1, 0.15) is 5.78 Å². The van der Waals surface area contributed by atoms with Crippen molar-refractivity contribution in [2.24, 2.45) is 0 Å². The first-order chi connectivity index (χ1) is 17.2. The van der Waals surface area contributed by atoms with Crippen LogP contribution in [0.3, 0.4) is 0 Å². The molecule has 35 heavy (non-hydrogen) atoms. The summed E-state index contributed by atoms with van der Waals surface area (Å²) in [5, 5.41) is 2.92. The summed E-state index contributed by atoms with van der Waals surface area (Å²) in [6.45, 7) is 8.32. The van der Waals surface area contributed by atoms with Gasteiger partial charge in [0.25, 0.3) is 0 Å². The van der Waals surface area contributed by atoms with E-state index in [1.54, 1.807) is 6.92 Å². The molecule has 0 saturated carbocycles. The summed E-state index contributed by atoms with van der Waals surface area (Å²) in [5.74, 6) is 0.254. The fourth-order valence-corrected chi connectivity index (χ4v) is 3.63. The van der Waals surface area contributed by atoms with Crippen LogP contribution in [0.1, 0.15) is 110 Å². The van der Waals surface area contributed by atoms with Crippen LogP contribution in [0.25, 0.3) is 0 Å². The second kappa shape index (κ2) is 29.2. The number of amides is 1. The number of carbonyl (C=O) groups excluding carboxylic acids is 2. The van der Waals surface area contributed by atoms with E-state index in [0.29, 0.717) is 72.2 Å². The lowest BCUT2D eigenvalue weighted by molar-refractivity contribution is -0.121. The normalized spacial score (nSPS) is 11.1. The number of hydrogen-bond acceptors (Lipinski definition) is 6. The molecule has 208 valence electrons. The zero-order valence-electron chi connectivity index (χ0n) is 22.9. The average molecular weight is 502 g/mol. The van der Waals surface area contributed by atoms with Gasteiger partial charge >= 0.3 is 0 Å². The highest BCUT2D eigenvalue weighted by Crippen LogP contribution is 2.12. The van der Waals surface area contributed by atoms with Crippen LogP contribution in [-0.4, -0.2) is 71.1 Å². The van der Waals surface area contributed by atoms with Crippen LogP contribution >= 0.6 is 0 Å². The summed E-state index contributed by atoms with van der Waals surface area (Å²) >= 11 is 0. The van der Waals surface area contributed by atoms with Crippen molar-refractivity contribution in [2.75, 3.05) is 59.4 Å². The number of carbonyl (C=O) groups is 2. The van der Waals surface area contributed by atoms with Crippen LogP contribution in [-0.2, 0) is 28.5 Å². The number of Topliss-reactive ketones (excluding diaryl/α,β-unsaturated/α-hetero) is 1. The molecule has 0 fully saturated rings. The Morgan fingerprint density at radius 1 is 0.514 bits per heavy atom. The molecule has 1 N–H and O–H groups in total. The number of ketones is 1. The Morgan fingerprint density at radius 3 is 1.37 bits per heavy atom. The van der Waals surface area contributed by atoms with E-state index in [1.807, 2.05) is 0 Å². The standard InChI is InChI=1S/C28H55NO6/c1-3-4-5-6-7-8-9-10-11-12-13-14-15-16-28(31)29-18-20-33-22-24-35-26-25-34-23-21-32-19-17-27(2)30/h3-26H2,1-2H3,(H,29,31). The predicted molar refractivity (Wildman–Crippen MR) is 142 cm³/mol. The van der Waals surface area contributed by atoms with Crippen molar-refractivity contribution in [2.45, 2.75) is 110 Å². The molecular weight excluding hydrogens is 446 g/mol. The molecule has 0 radical (unpaired) electrons. The molecule has 0 aliphatic rings. The Bertz CT molecular complexity index is 461. The van der Waals surface area contributed by atoms with E-state index in [4.69, 9.17) is 18.9 Å². The van der Waals surface area contributed by atoms with Crippen LogP contribution in [0.5, 0.6) is 0 Å². The van der Waals surface area contributed by atoms with Gasteiger partial charge in [-0.1, -0.05) is 84.0 Å². The summed E-state index contributed by atoms with van der Waals surface area (Å²) in [5.41, 5.74) is 0. The first-order valence-electron chi connectivity index (χ1n) is 14.2. The van der Waals surface area contributed by atoms with E-state index in [-0.39, 0.29) is 11.7 Å². The molecule has 0 aliphatic carbocycles. The highest BCUT2D eigenvalue weighted by atomic mass is 16.6. The zero-order valence-corrected chi connectivity index (χ0v) is 22.9. The second-order valence-corrected chi connectivity index (χ2v) is 9.24. The van der Waals surface area contributed by atoms with Crippen LogP contribution in [0.2, 0.25) is 0 Å². The van der Waals surface area contributed by atoms with Crippen molar-refractivity contribution < 1.29 is 28.5 Å². The minimum atomic E-state index is 0.121. The third-order valence-electron chi connectivity index (χ3n) is 5.79. The largest absolute Gasteiger partial charge is 0.379 e. The first-order valence-corrected chi connectivity index (χ1v) is 14.2. The first kappa shape index (κ1) is 34.0. The Hall–Kier alpha value is -1.02. The van der Waals surface area contributed by atoms with Crippen LogP contribution in [0, 0.1) is 0 Å². The van der Waals surface area contributed by atoms with E-state index in [2.05, 4.69) is 12.2 Å². The fourth-order valence-electron chi connectivity index (χ4n) is 3.63. The van der Waals surface area contributed by atoms with Gasteiger partial charge in [-0.3, -0.25) is 9.59 Å². The van der Waals surface area contributed by atoms with Crippen LogP contribution in [0.4, 0.5) is 0 Å². The number of hydrogen-bond donors (Lipinski definition) is 1. The van der Waals surface area contributed by atoms with E-state index in [0.717, 1.165) is 12.8 Å². The molecule has 0 aromatic heterocycles. The second-order valence-electron chi connectivity index (χ2n) is 9.24. The molecule has 1 amide bonds. The van der Waals surface area contributed by atoms with Gasteiger partial charge in [0.05, 0.1) is 52.9 Å². The number of nitrogens with one attached hydrogen (secondary N) is 1. The van der Waals surface area contributed by atoms with Crippen LogP contribution < -0.4 is 5.32 Å². The predicted octanol–water partition coefficient (Wildman–Crippen LogP) is 5.63. The quantitative estimate of drug-likeness (QED) is 0.134. The van der Waals surface area contributed by atoms with Gasteiger partial charge in [-0.15, -0.1) is 0 Å². The van der Waals surface area contributed by atoms with Gasteiger partial charge < -0.3 is 24.3 Å². The van der Waals surface area contributed by atoms with Crippen molar-refractivity contribution >= 4 is 11.7 Å². The zero-order chi connectivity index (χ0) is 25.7. The molecule has 0 bridgehead atoms. The van der Waals surface area contributed by atoms with E-state index in [1.165, 1.54) is 70.6 Å². The summed E-state index contributed by atoms with van der Waals surface area (Å²) < 4.78 is 21.5. The smallest absolute Gasteiger partial charge is 0.220 e. The highest BCUT2D eigenvalue weighted by Gasteiger charge is 2.01. The molecule has 7 nitrogen and oxygen atoms in total. The molecule has 0 aromatic rings. The maximum absolute atomic E-state index is 11.9. The van der Waals surface area contributed by atoms with Gasteiger partial charge in [0, 0.05) is 19.4 Å². The highest BCUT2D eigenvalue weighted by molar-refractivity contribution is 5.75. The van der Waals surface area contributed by atoms with E-state index < -0.39 is 0 Å². The van der Waals surface area contributed by atoms with Gasteiger partial charge in [0.2, 0.25) is 5.91 Å². The Morgan fingerprint density at radius 2 is 0.914 bits per heavy atom. The Kier molecular flexibility index (Phi) is 28.4. The number of rotatable bonds is 29. The van der Waals surface area contributed by atoms with Gasteiger partial charge in [-0.2, -0.15) is 0 Å². The molecule has 0 aliphatic heterocycles. The molecule has 0 spiro atoms. The van der Waals surface area contributed by atoms with Crippen molar-refractivity contribution in [1.29, 1.82) is 0 Å². The minimum absolute atomic E-state index is 0.121. The van der Waals surface area contributed by atoms with Crippen molar-refractivity contribution in [3.8, 4) is 0 Å². The van der Waals surface area contributed by atoms with Crippen LogP contribution in [0.15, 0.2) is 0 Å². The van der Waals surface area contributed by atoms with E-state index in [9.17, 15) is 9.59 Å². The fraction of sp³-hybridized carbons (Fsp3) is 0.929. The maximum Gasteiger partial charge on any atom is 0.220 e. The Labute approximate surface area is 215 Å². The van der Waals surface area contributed by atoms with Gasteiger partial charge in [-0.05, 0) is 13.3 Å². The number of ether oxygens (including phenoxy) is 4. The monoisotopic (exact) mass is 501 g/mol. The molecule has 0 aromatic carbocycles. The molecule has 7 heteroatoms. The Balaban J connectivity index is 3.15. The lowest BCUT2D eigenvalue weighted by atomic mass is 10.0. The average Bonchev–Trinajstić information content (AvgIpc) is 2.84. The molecule has 0 rings (SSSR count). The van der Waals surface area contributed by atoms with Crippen molar-refractivity contribution in [3.05, 3.63) is 0 Å². The van der Waals surface area contributed by atoms with Crippen molar-refractivity contribution in [3.63, 3.8) is 0 Å². The summed E-state index contributed by atoms with van der Waals surface area (Å²) in [6.07, 6.45) is 18.2. The summed E-state index contributed by atoms with van der Waals surface area (Å²) in [6, 6.07) is 0. The SMILES string of the molecule is CCCCCCCCCCCCCCCC(=O)NCCOCCOCCOCCOCCC(C)=O. The molecule has 0 saturated heterocycles. The van der Waals surface area contributed by atoms with Crippen molar-refractivity contribution in [1.82, 2.24) is 5.32 Å². The molecule has 0 atom stereocenters. The number of unbranched alkanes of at least 4 members (excludes halogenated alkanes) is 12. The topological polar surface area (TPSA) is 83.1 Å². The lowest BCUT2D eigenvalue weighted by Gasteiger charge is -2.08. The third kappa shape index (κ3) is 30.9. The lowest BCUT2D eigenvalue weighted by Crippen LogP contribution is -2.27. The molecular formula is C28H55NO6. The van der Waals surface area contributed by atoms with Gasteiger partial charge in [0.15, 0.2) is 0 Å². The maximum atomic E-state index is 11.9. The molecule has 0 unspecified atom stereocenters. The minimum Gasteiger partial charge on any atom is -0.379 e. The van der Waals surface area contributed by atoms with E-state index >= 15 is 0 Å².